The van der Waals surface area contributed by atoms with Crippen molar-refractivity contribution in [2.75, 3.05) is 5.32 Å². The van der Waals surface area contributed by atoms with Crippen LogP contribution >= 0.6 is 22.9 Å². The van der Waals surface area contributed by atoms with E-state index in [9.17, 15) is 13.2 Å². The summed E-state index contributed by atoms with van der Waals surface area (Å²) in [6, 6.07) is 1.38. The molecule has 2 aromatic rings. The standard InChI is InChI=1S/C10H6ClF3N2S/c11-10-16-4-6(17-10)3-15-8-2-5(12)1-7(13)9(8)14/h1-2,4,15H,3H2. The lowest BCUT2D eigenvalue weighted by atomic mass is 10.3. The fraction of sp³-hybridized carbons (Fsp3) is 0.100. The highest BCUT2D eigenvalue weighted by atomic mass is 35.5. The van der Waals surface area contributed by atoms with E-state index in [0.717, 1.165) is 10.9 Å². The normalized spacial score (nSPS) is 10.6. The van der Waals surface area contributed by atoms with Crippen LogP contribution < -0.4 is 5.32 Å². The first-order chi connectivity index (χ1) is 8.06. The van der Waals surface area contributed by atoms with E-state index < -0.39 is 17.5 Å². The highest BCUT2D eigenvalue weighted by Gasteiger charge is 2.11. The maximum absolute atomic E-state index is 13.2. The van der Waals surface area contributed by atoms with Gasteiger partial charge in [0.15, 0.2) is 16.1 Å². The first kappa shape index (κ1) is 12.2. The molecular formula is C10H6ClF3N2S. The summed E-state index contributed by atoms with van der Waals surface area (Å²) >= 11 is 6.81. The number of hydrogen-bond acceptors (Lipinski definition) is 3. The highest BCUT2D eigenvalue weighted by molar-refractivity contribution is 7.15. The van der Waals surface area contributed by atoms with Crippen LogP contribution in [0, 0.1) is 17.5 Å². The van der Waals surface area contributed by atoms with Crippen molar-refractivity contribution < 1.29 is 13.2 Å². The van der Waals surface area contributed by atoms with Crippen LogP contribution in [0.2, 0.25) is 4.47 Å². The summed E-state index contributed by atoms with van der Waals surface area (Å²) < 4.78 is 39.3. The molecule has 0 aliphatic rings. The molecule has 0 saturated heterocycles. The molecule has 0 amide bonds. The summed E-state index contributed by atoms with van der Waals surface area (Å²) in [7, 11) is 0. The third-order valence-corrected chi connectivity index (χ3v) is 3.09. The number of thiazole rings is 1. The number of rotatable bonds is 3. The maximum Gasteiger partial charge on any atom is 0.183 e. The lowest BCUT2D eigenvalue weighted by molar-refractivity contribution is 0.497. The van der Waals surface area contributed by atoms with Gasteiger partial charge < -0.3 is 5.32 Å². The Balaban J connectivity index is 2.14. The monoisotopic (exact) mass is 278 g/mol. The van der Waals surface area contributed by atoms with E-state index in [-0.39, 0.29) is 12.2 Å². The van der Waals surface area contributed by atoms with Gasteiger partial charge in [-0.2, -0.15) is 0 Å². The third kappa shape index (κ3) is 2.89. The van der Waals surface area contributed by atoms with Crippen LogP contribution in [0.4, 0.5) is 18.9 Å². The van der Waals surface area contributed by atoms with Gasteiger partial charge in [-0.3, -0.25) is 0 Å². The molecule has 0 fully saturated rings. The number of nitrogens with one attached hydrogen (secondary N) is 1. The number of benzene rings is 1. The van der Waals surface area contributed by atoms with Crippen LogP contribution in [0.5, 0.6) is 0 Å². The van der Waals surface area contributed by atoms with E-state index in [2.05, 4.69) is 10.3 Å². The van der Waals surface area contributed by atoms with Gasteiger partial charge in [0, 0.05) is 23.2 Å². The fourth-order valence-electron chi connectivity index (χ4n) is 1.23. The molecule has 1 aromatic carbocycles. The lowest BCUT2D eigenvalue weighted by Crippen LogP contribution is -2.02. The van der Waals surface area contributed by atoms with Gasteiger partial charge in [0.1, 0.15) is 5.82 Å². The molecule has 1 aromatic heterocycles. The molecule has 0 spiro atoms. The number of nitrogens with zero attached hydrogens (tertiary/aromatic N) is 1. The Morgan fingerprint density at radius 1 is 1.29 bits per heavy atom. The summed E-state index contributed by atoms with van der Waals surface area (Å²) in [5.74, 6) is -3.18. The van der Waals surface area contributed by atoms with E-state index in [1.165, 1.54) is 17.5 Å². The van der Waals surface area contributed by atoms with Gasteiger partial charge >= 0.3 is 0 Å². The molecule has 0 atom stereocenters. The second-order valence-corrected chi connectivity index (χ2v) is 4.88. The van der Waals surface area contributed by atoms with Crippen LogP contribution in [-0.2, 0) is 6.54 Å². The summed E-state index contributed by atoms with van der Waals surface area (Å²) in [6.45, 7) is 0.199. The predicted molar refractivity (Wildman–Crippen MR) is 60.8 cm³/mol. The van der Waals surface area contributed by atoms with E-state index in [1.807, 2.05) is 0 Å². The van der Waals surface area contributed by atoms with Gasteiger partial charge in [0.2, 0.25) is 0 Å². The minimum atomic E-state index is -1.23. The Kier molecular flexibility index (Phi) is 3.54. The van der Waals surface area contributed by atoms with Crippen molar-refractivity contribution in [3.8, 4) is 0 Å². The number of hydrogen-bond donors (Lipinski definition) is 1. The zero-order valence-corrected chi connectivity index (χ0v) is 9.88. The molecule has 0 radical (unpaired) electrons. The Morgan fingerprint density at radius 3 is 2.71 bits per heavy atom. The van der Waals surface area contributed by atoms with E-state index in [1.54, 1.807) is 0 Å². The predicted octanol–water partition coefficient (Wildman–Crippen LogP) is 3.83. The van der Waals surface area contributed by atoms with Gasteiger partial charge in [-0.25, -0.2) is 18.2 Å². The average Bonchev–Trinajstić information content (AvgIpc) is 2.67. The number of aromatic nitrogens is 1. The van der Waals surface area contributed by atoms with Crippen molar-refractivity contribution >= 4 is 28.6 Å². The van der Waals surface area contributed by atoms with Crippen molar-refractivity contribution in [1.29, 1.82) is 0 Å². The zero-order valence-electron chi connectivity index (χ0n) is 8.31. The average molecular weight is 279 g/mol. The maximum atomic E-state index is 13.2. The lowest BCUT2D eigenvalue weighted by Gasteiger charge is -2.06. The quantitative estimate of drug-likeness (QED) is 0.863. The Hall–Kier alpha value is -1.27. The molecule has 17 heavy (non-hydrogen) atoms. The molecule has 0 aliphatic carbocycles. The zero-order chi connectivity index (χ0) is 12.4. The fourth-order valence-corrected chi connectivity index (χ4v) is 2.15. The SMILES string of the molecule is Fc1cc(F)c(F)c(NCc2cnc(Cl)s2)c1. The van der Waals surface area contributed by atoms with Gasteiger partial charge in [-0.1, -0.05) is 11.6 Å². The largest absolute Gasteiger partial charge is 0.378 e. The second kappa shape index (κ2) is 4.93. The molecule has 1 N–H and O–H groups in total. The van der Waals surface area contributed by atoms with Crippen LogP contribution in [0.25, 0.3) is 0 Å². The molecule has 2 nitrogen and oxygen atoms in total. The van der Waals surface area contributed by atoms with E-state index in [4.69, 9.17) is 11.6 Å². The summed E-state index contributed by atoms with van der Waals surface area (Å²) in [4.78, 5) is 4.52. The first-order valence-electron chi connectivity index (χ1n) is 4.55. The molecule has 0 saturated carbocycles. The Morgan fingerprint density at radius 2 is 2.06 bits per heavy atom. The smallest absolute Gasteiger partial charge is 0.183 e. The number of halogens is 4. The molecule has 90 valence electrons. The summed E-state index contributed by atoms with van der Waals surface area (Å²) in [5, 5.41) is 2.58. The minimum Gasteiger partial charge on any atom is -0.378 e. The first-order valence-corrected chi connectivity index (χ1v) is 5.74. The summed E-state index contributed by atoms with van der Waals surface area (Å²) in [5.41, 5.74) is -0.230. The van der Waals surface area contributed by atoms with Gasteiger partial charge in [0.25, 0.3) is 0 Å². The van der Waals surface area contributed by atoms with Crippen LogP contribution in [0.1, 0.15) is 4.88 Å². The van der Waals surface area contributed by atoms with Gasteiger partial charge in [-0.15, -0.1) is 11.3 Å². The van der Waals surface area contributed by atoms with Crippen molar-refractivity contribution in [1.82, 2.24) is 4.98 Å². The van der Waals surface area contributed by atoms with Crippen molar-refractivity contribution in [3.05, 3.63) is 45.1 Å². The van der Waals surface area contributed by atoms with E-state index in [0.29, 0.717) is 10.5 Å². The molecule has 0 unspecified atom stereocenters. The van der Waals surface area contributed by atoms with Crippen LogP contribution in [0.15, 0.2) is 18.3 Å². The van der Waals surface area contributed by atoms with Gasteiger partial charge in [0.05, 0.1) is 12.2 Å². The molecule has 0 aliphatic heterocycles. The minimum absolute atomic E-state index is 0.199. The Labute approximate surface area is 104 Å². The highest BCUT2D eigenvalue weighted by Crippen LogP contribution is 2.22. The molecular weight excluding hydrogens is 273 g/mol. The van der Waals surface area contributed by atoms with Crippen LogP contribution in [-0.4, -0.2) is 4.98 Å². The Bertz CT molecular complexity index is 544. The molecule has 7 heteroatoms. The topological polar surface area (TPSA) is 24.9 Å². The summed E-state index contributed by atoms with van der Waals surface area (Å²) in [6.07, 6.45) is 1.51. The molecule has 0 bridgehead atoms. The van der Waals surface area contributed by atoms with Crippen molar-refractivity contribution in [2.45, 2.75) is 6.54 Å². The third-order valence-electron chi connectivity index (χ3n) is 1.97. The van der Waals surface area contributed by atoms with Crippen molar-refractivity contribution in [3.63, 3.8) is 0 Å². The second-order valence-electron chi connectivity index (χ2n) is 3.18. The van der Waals surface area contributed by atoms with E-state index >= 15 is 0 Å². The van der Waals surface area contributed by atoms with Crippen LogP contribution in [0.3, 0.4) is 0 Å². The van der Waals surface area contributed by atoms with Crippen molar-refractivity contribution in [2.24, 2.45) is 0 Å². The molecule has 2 rings (SSSR count). The number of anilines is 1. The molecule has 1 heterocycles. The van der Waals surface area contributed by atoms with Gasteiger partial charge in [-0.05, 0) is 0 Å².